The number of aromatic nitrogens is 3. The topological polar surface area (TPSA) is 88.3 Å². The largest absolute Gasteiger partial charge is 0.481 e. The molecule has 0 aliphatic carbocycles. The van der Waals surface area contributed by atoms with E-state index in [1.807, 2.05) is 38.1 Å². The lowest BCUT2D eigenvalue weighted by Crippen LogP contribution is -2.38. The molecule has 0 saturated carbocycles. The Morgan fingerprint density at radius 1 is 1.14 bits per heavy atom. The van der Waals surface area contributed by atoms with Gasteiger partial charge < -0.3 is 5.11 Å². The number of carboxylic acid groups (broad SMARTS) is 1. The van der Waals surface area contributed by atoms with Gasteiger partial charge in [-0.15, -0.1) is 0 Å². The first-order chi connectivity index (χ1) is 16.9. The van der Waals surface area contributed by atoms with Crippen LogP contribution >= 0.6 is 11.6 Å². The van der Waals surface area contributed by atoms with E-state index in [4.69, 9.17) is 21.8 Å². The summed E-state index contributed by atoms with van der Waals surface area (Å²) in [7, 11) is 0. The molecular formula is C27H37ClN4O3. The van der Waals surface area contributed by atoms with Gasteiger partial charge in [0, 0.05) is 41.8 Å². The molecule has 190 valence electrons. The number of carbonyl (C=O) groups is 1. The first kappa shape index (κ1) is 28.5. The highest BCUT2D eigenvalue weighted by Gasteiger charge is 2.26. The SMILES string of the molecule is CC.CCC.O=C(O)CCN1CCCC1Cn1nc(Cc2ccc(Cl)cc2)c2cnccc2c1=O. The van der Waals surface area contributed by atoms with E-state index < -0.39 is 5.97 Å². The molecule has 35 heavy (non-hydrogen) atoms. The van der Waals surface area contributed by atoms with Gasteiger partial charge >= 0.3 is 5.97 Å². The first-order valence-electron chi connectivity index (χ1n) is 12.5. The van der Waals surface area contributed by atoms with Crippen molar-refractivity contribution in [1.29, 1.82) is 0 Å². The standard InChI is InChI=1S/C22H23ClN4O3.C3H8.C2H6/c23-16-5-3-15(4-6-16)12-20-19-13-24-9-7-18(19)22(30)27(25-20)14-17-2-1-10-26(17)11-8-21(28)29;1-3-2;1-2/h3-7,9,13,17H,1-2,8,10-12,14H2,(H,28,29);3H2,1-2H3;1-2H3. The van der Waals surface area contributed by atoms with Crippen molar-refractivity contribution >= 4 is 28.3 Å². The molecule has 8 heteroatoms. The zero-order chi connectivity index (χ0) is 25.8. The van der Waals surface area contributed by atoms with E-state index in [9.17, 15) is 9.59 Å². The fourth-order valence-electron chi connectivity index (χ4n) is 4.08. The number of carboxylic acids is 1. The first-order valence-corrected chi connectivity index (χ1v) is 12.8. The average Bonchev–Trinajstić information content (AvgIpc) is 3.31. The molecule has 3 heterocycles. The van der Waals surface area contributed by atoms with Gasteiger partial charge in [0.2, 0.25) is 0 Å². The zero-order valence-corrected chi connectivity index (χ0v) is 22.0. The minimum absolute atomic E-state index is 0.101. The molecule has 7 nitrogen and oxygen atoms in total. The molecule has 0 radical (unpaired) electrons. The van der Waals surface area contributed by atoms with Crippen molar-refractivity contribution in [3.8, 4) is 0 Å². The van der Waals surface area contributed by atoms with Crippen LogP contribution in [0, 0.1) is 0 Å². The molecule has 4 rings (SSSR count). The maximum Gasteiger partial charge on any atom is 0.304 e. The fraction of sp³-hybridized carbons (Fsp3) is 0.481. The van der Waals surface area contributed by atoms with E-state index in [0.29, 0.717) is 29.9 Å². The molecule has 3 aromatic rings. The molecular weight excluding hydrogens is 464 g/mol. The highest BCUT2D eigenvalue weighted by atomic mass is 35.5. The Bertz CT molecular complexity index is 1130. The van der Waals surface area contributed by atoms with Crippen molar-refractivity contribution < 1.29 is 9.90 Å². The summed E-state index contributed by atoms with van der Waals surface area (Å²) in [4.78, 5) is 30.4. The zero-order valence-electron chi connectivity index (χ0n) is 21.2. The number of pyridine rings is 1. The average molecular weight is 501 g/mol. The maximum absolute atomic E-state index is 13.1. The molecule has 0 amide bonds. The second-order valence-electron chi connectivity index (χ2n) is 8.34. The van der Waals surface area contributed by atoms with Crippen molar-refractivity contribution in [3.63, 3.8) is 0 Å². The molecule has 1 N–H and O–H groups in total. The predicted octanol–water partition coefficient (Wildman–Crippen LogP) is 5.42. The summed E-state index contributed by atoms with van der Waals surface area (Å²) in [6.45, 7) is 10.0. The van der Waals surface area contributed by atoms with Crippen LogP contribution in [-0.2, 0) is 17.8 Å². The summed E-state index contributed by atoms with van der Waals surface area (Å²) in [6.07, 6.45) is 7.14. The highest BCUT2D eigenvalue weighted by molar-refractivity contribution is 6.30. The van der Waals surface area contributed by atoms with E-state index >= 15 is 0 Å². The number of rotatable bonds is 7. The summed E-state index contributed by atoms with van der Waals surface area (Å²) in [5, 5.41) is 15.7. The molecule has 2 aromatic heterocycles. The number of hydrogen-bond donors (Lipinski definition) is 1. The monoisotopic (exact) mass is 500 g/mol. The van der Waals surface area contributed by atoms with Crippen LogP contribution in [0.2, 0.25) is 5.02 Å². The molecule has 1 saturated heterocycles. The third-order valence-electron chi connectivity index (χ3n) is 5.62. The molecule has 1 aliphatic rings. The van der Waals surface area contributed by atoms with Gasteiger partial charge in [-0.2, -0.15) is 5.10 Å². The Labute approximate surface area is 212 Å². The predicted molar refractivity (Wildman–Crippen MR) is 142 cm³/mol. The molecule has 1 aromatic carbocycles. The van der Waals surface area contributed by atoms with Crippen molar-refractivity contribution in [3.05, 3.63) is 69.4 Å². The van der Waals surface area contributed by atoms with Crippen molar-refractivity contribution in [2.24, 2.45) is 0 Å². The van der Waals surface area contributed by atoms with Crippen LogP contribution in [0.4, 0.5) is 0 Å². The molecule has 1 fully saturated rings. The molecule has 1 aliphatic heterocycles. The Kier molecular flexibility index (Phi) is 11.9. The fourth-order valence-corrected chi connectivity index (χ4v) is 4.21. The van der Waals surface area contributed by atoms with Crippen LogP contribution in [-0.4, -0.2) is 49.9 Å². The van der Waals surface area contributed by atoms with Crippen LogP contribution < -0.4 is 5.56 Å². The second kappa shape index (κ2) is 14.6. The lowest BCUT2D eigenvalue weighted by atomic mass is 10.1. The molecule has 1 atom stereocenters. The van der Waals surface area contributed by atoms with Gasteiger partial charge in [0.25, 0.3) is 5.56 Å². The molecule has 0 bridgehead atoms. The Hall–Kier alpha value is -2.77. The summed E-state index contributed by atoms with van der Waals surface area (Å²) < 4.78 is 1.54. The van der Waals surface area contributed by atoms with Crippen molar-refractivity contribution in [1.82, 2.24) is 19.7 Å². The van der Waals surface area contributed by atoms with E-state index in [1.165, 1.54) is 11.1 Å². The van der Waals surface area contributed by atoms with E-state index in [0.717, 1.165) is 36.0 Å². The number of halogens is 1. The van der Waals surface area contributed by atoms with Gasteiger partial charge in [-0.3, -0.25) is 19.5 Å². The summed E-state index contributed by atoms with van der Waals surface area (Å²) in [6, 6.07) is 9.42. The quantitative estimate of drug-likeness (QED) is 0.466. The second-order valence-corrected chi connectivity index (χ2v) is 8.78. The summed E-state index contributed by atoms with van der Waals surface area (Å²) in [5.41, 5.74) is 1.69. The smallest absolute Gasteiger partial charge is 0.304 e. The number of likely N-dealkylation sites (tertiary alicyclic amines) is 1. The van der Waals surface area contributed by atoms with Crippen LogP contribution in [0.3, 0.4) is 0 Å². The van der Waals surface area contributed by atoms with E-state index in [-0.39, 0.29) is 18.0 Å². The van der Waals surface area contributed by atoms with Crippen LogP contribution in [0.15, 0.2) is 47.5 Å². The van der Waals surface area contributed by atoms with Crippen LogP contribution in [0.5, 0.6) is 0 Å². The minimum Gasteiger partial charge on any atom is -0.481 e. The Balaban J connectivity index is 0.000000803. The highest BCUT2D eigenvalue weighted by Crippen LogP contribution is 2.21. The normalized spacial score (nSPS) is 15.2. The van der Waals surface area contributed by atoms with Crippen molar-refractivity contribution in [2.75, 3.05) is 13.1 Å². The van der Waals surface area contributed by atoms with Gasteiger partial charge in [0.15, 0.2) is 0 Å². The van der Waals surface area contributed by atoms with Crippen LogP contribution in [0.25, 0.3) is 10.8 Å². The number of aliphatic carboxylic acids is 1. The lowest BCUT2D eigenvalue weighted by molar-refractivity contribution is -0.137. The summed E-state index contributed by atoms with van der Waals surface area (Å²) >= 11 is 6.00. The number of nitrogens with zero attached hydrogens (tertiary/aromatic N) is 4. The third-order valence-corrected chi connectivity index (χ3v) is 5.87. The van der Waals surface area contributed by atoms with E-state index in [1.54, 1.807) is 18.5 Å². The number of fused-ring (bicyclic) bond motifs is 1. The van der Waals surface area contributed by atoms with Crippen molar-refractivity contribution in [2.45, 2.75) is 72.4 Å². The Morgan fingerprint density at radius 2 is 1.83 bits per heavy atom. The lowest BCUT2D eigenvalue weighted by Gasteiger charge is -2.24. The number of hydrogen-bond acceptors (Lipinski definition) is 5. The van der Waals surface area contributed by atoms with Gasteiger partial charge in [0.05, 0.1) is 24.0 Å². The van der Waals surface area contributed by atoms with Gasteiger partial charge in [-0.05, 0) is 43.1 Å². The third kappa shape index (κ3) is 8.15. The molecule has 1 unspecified atom stereocenters. The minimum atomic E-state index is -0.806. The van der Waals surface area contributed by atoms with Gasteiger partial charge in [-0.1, -0.05) is 57.8 Å². The molecule has 0 spiro atoms. The van der Waals surface area contributed by atoms with Gasteiger partial charge in [-0.25, -0.2) is 4.68 Å². The Morgan fingerprint density at radius 3 is 2.49 bits per heavy atom. The number of benzene rings is 1. The van der Waals surface area contributed by atoms with E-state index in [2.05, 4.69) is 23.7 Å². The van der Waals surface area contributed by atoms with Gasteiger partial charge in [0.1, 0.15) is 0 Å². The van der Waals surface area contributed by atoms with Crippen LogP contribution in [0.1, 0.15) is 64.6 Å². The summed E-state index contributed by atoms with van der Waals surface area (Å²) in [5.74, 6) is -0.806. The maximum atomic E-state index is 13.1.